The summed E-state index contributed by atoms with van der Waals surface area (Å²) in [5.74, 6) is 1.21. The second-order valence-electron chi connectivity index (χ2n) is 6.65. The number of imidazole rings is 1. The lowest BCUT2D eigenvalue weighted by molar-refractivity contribution is 0.420. The number of rotatable bonds is 7. The fraction of sp³-hybridized carbons (Fsp3) is 0.316. The third-order valence-corrected chi connectivity index (χ3v) is 5.50. The van der Waals surface area contributed by atoms with E-state index in [-0.39, 0.29) is 11.2 Å². The molecule has 0 amide bonds. The summed E-state index contributed by atoms with van der Waals surface area (Å²) < 4.78 is 9.95. The van der Waals surface area contributed by atoms with Gasteiger partial charge in [0.2, 0.25) is 5.89 Å². The van der Waals surface area contributed by atoms with Crippen molar-refractivity contribution in [3.05, 3.63) is 69.0 Å². The van der Waals surface area contributed by atoms with Gasteiger partial charge in [-0.05, 0) is 12.0 Å². The molecule has 3 aromatic heterocycles. The zero-order valence-electron chi connectivity index (χ0n) is 16.1. The van der Waals surface area contributed by atoms with E-state index in [4.69, 9.17) is 4.42 Å². The second-order valence-corrected chi connectivity index (χ2v) is 7.70. The maximum Gasteiger partial charge on any atom is 0.332 e. The summed E-state index contributed by atoms with van der Waals surface area (Å²) in [7, 11) is 3.36. The molecule has 3 heterocycles. The van der Waals surface area contributed by atoms with Crippen molar-refractivity contribution >= 4 is 22.9 Å². The zero-order chi connectivity index (χ0) is 20.4. The standard InChI is InChI=1S/C19H20N6O3S/c1-23-12-20-16-15(23)17(26)25(19(27)24(16)2)9-6-10-29-18-22-21-14(28-18)11-13-7-4-3-5-8-13/h3-5,7-8,12H,6,9-11H2,1-2H3. The fourth-order valence-electron chi connectivity index (χ4n) is 3.11. The Labute approximate surface area is 170 Å². The van der Waals surface area contributed by atoms with Crippen LogP contribution in [0.3, 0.4) is 0 Å². The normalized spacial score (nSPS) is 11.4. The number of hydrogen-bond donors (Lipinski definition) is 0. The molecule has 4 rings (SSSR count). The molecule has 0 aliphatic heterocycles. The van der Waals surface area contributed by atoms with E-state index in [0.717, 1.165) is 5.56 Å². The first kappa shape index (κ1) is 19.2. The summed E-state index contributed by atoms with van der Waals surface area (Å²) in [5, 5.41) is 8.61. The van der Waals surface area contributed by atoms with Gasteiger partial charge in [0.05, 0.1) is 12.7 Å². The number of fused-ring (bicyclic) bond motifs is 1. The van der Waals surface area contributed by atoms with Crippen LogP contribution in [-0.2, 0) is 27.1 Å². The molecule has 0 atom stereocenters. The van der Waals surface area contributed by atoms with E-state index in [0.29, 0.717) is 47.4 Å². The molecule has 0 spiro atoms. The molecule has 9 nitrogen and oxygen atoms in total. The number of benzene rings is 1. The van der Waals surface area contributed by atoms with Crippen LogP contribution >= 0.6 is 11.8 Å². The van der Waals surface area contributed by atoms with Crippen molar-refractivity contribution in [2.24, 2.45) is 14.1 Å². The van der Waals surface area contributed by atoms with Crippen LogP contribution in [0.4, 0.5) is 0 Å². The van der Waals surface area contributed by atoms with Crippen LogP contribution in [0.2, 0.25) is 0 Å². The van der Waals surface area contributed by atoms with E-state index < -0.39 is 0 Å². The Balaban J connectivity index is 1.39. The summed E-state index contributed by atoms with van der Waals surface area (Å²) in [6.45, 7) is 0.310. The monoisotopic (exact) mass is 412 g/mol. The Kier molecular flexibility index (Phi) is 5.34. The smallest absolute Gasteiger partial charge is 0.332 e. The molecule has 0 saturated carbocycles. The van der Waals surface area contributed by atoms with Gasteiger partial charge >= 0.3 is 5.69 Å². The van der Waals surface area contributed by atoms with Crippen molar-refractivity contribution in [3.63, 3.8) is 0 Å². The minimum Gasteiger partial charge on any atom is -0.416 e. The van der Waals surface area contributed by atoms with E-state index in [9.17, 15) is 9.59 Å². The van der Waals surface area contributed by atoms with Gasteiger partial charge in [0.1, 0.15) is 0 Å². The first-order valence-electron chi connectivity index (χ1n) is 9.14. The first-order valence-corrected chi connectivity index (χ1v) is 10.1. The van der Waals surface area contributed by atoms with E-state index in [2.05, 4.69) is 15.2 Å². The molecule has 1 aromatic carbocycles. The number of nitrogens with zero attached hydrogens (tertiary/aromatic N) is 6. The maximum atomic E-state index is 12.7. The van der Waals surface area contributed by atoms with E-state index in [1.165, 1.54) is 27.2 Å². The Bertz CT molecular complexity index is 1250. The van der Waals surface area contributed by atoms with Crippen LogP contribution in [-0.4, -0.2) is 34.6 Å². The van der Waals surface area contributed by atoms with E-state index in [1.807, 2.05) is 30.3 Å². The van der Waals surface area contributed by atoms with Gasteiger partial charge in [0, 0.05) is 26.4 Å². The minimum absolute atomic E-state index is 0.310. The largest absolute Gasteiger partial charge is 0.416 e. The van der Waals surface area contributed by atoms with Gasteiger partial charge in [-0.25, -0.2) is 9.78 Å². The van der Waals surface area contributed by atoms with E-state index >= 15 is 0 Å². The fourth-order valence-corrected chi connectivity index (χ4v) is 3.82. The van der Waals surface area contributed by atoms with Crippen LogP contribution < -0.4 is 11.2 Å². The van der Waals surface area contributed by atoms with Crippen LogP contribution in [0.15, 0.2) is 55.9 Å². The van der Waals surface area contributed by atoms with Crippen molar-refractivity contribution in [1.29, 1.82) is 0 Å². The number of hydrogen-bond acceptors (Lipinski definition) is 7. The molecular formula is C19H20N6O3S. The lowest BCUT2D eigenvalue weighted by Gasteiger charge is -2.08. The quantitative estimate of drug-likeness (QED) is 0.336. The van der Waals surface area contributed by atoms with Crippen molar-refractivity contribution in [2.45, 2.75) is 24.6 Å². The lowest BCUT2D eigenvalue weighted by Crippen LogP contribution is -2.39. The van der Waals surface area contributed by atoms with Crippen LogP contribution in [0.25, 0.3) is 11.2 Å². The third kappa shape index (κ3) is 3.88. The zero-order valence-corrected chi connectivity index (χ0v) is 16.9. The Morgan fingerprint density at radius 1 is 1.10 bits per heavy atom. The Hall–Kier alpha value is -3.14. The highest BCUT2D eigenvalue weighted by Crippen LogP contribution is 2.18. The molecular weight excluding hydrogens is 392 g/mol. The van der Waals surface area contributed by atoms with Crippen molar-refractivity contribution < 1.29 is 4.42 Å². The maximum absolute atomic E-state index is 12.7. The second kappa shape index (κ2) is 8.08. The highest BCUT2D eigenvalue weighted by atomic mass is 32.2. The van der Waals surface area contributed by atoms with Gasteiger partial charge in [-0.2, -0.15) is 0 Å². The molecule has 0 saturated heterocycles. The van der Waals surface area contributed by atoms with Crippen molar-refractivity contribution in [2.75, 3.05) is 5.75 Å². The van der Waals surface area contributed by atoms with Gasteiger partial charge in [0.25, 0.3) is 10.8 Å². The van der Waals surface area contributed by atoms with Gasteiger partial charge in [-0.3, -0.25) is 13.9 Å². The van der Waals surface area contributed by atoms with Crippen LogP contribution in [0.5, 0.6) is 0 Å². The average Bonchev–Trinajstić information content (AvgIpc) is 3.33. The Morgan fingerprint density at radius 2 is 1.90 bits per heavy atom. The van der Waals surface area contributed by atoms with Crippen molar-refractivity contribution in [1.82, 2.24) is 28.9 Å². The average molecular weight is 412 g/mol. The molecule has 4 aromatic rings. The molecule has 0 radical (unpaired) electrons. The molecule has 150 valence electrons. The van der Waals surface area contributed by atoms with Crippen LogP contribution in [0, 0.1) is 0 Å². The molecule has 0 aliphatic rings. The van der Waals surface area contributed by atoms with Gasteiger partial charge < -0.3 is 8.98 Å². The predicted molar refractivity (Wildman–Crippen MR) is 109 cm³/mol. The topological polar surface area (TPSA) is 101 Å². The number of aromatic nitrogens is 6. The van der Waals surface area contributed by atoms with Crippen LogP contribution in [0.1, 0.15) is 17.9 Å². The van der Waals surface area contributed by atoms with Gasteiger partial charge in [-0.1, -0.05) is 42.1 Å². The molecule has 0 aliphatic carbocycles. The molecule has 0 N–H and O–H groups in total. The molecule has 0 fully saturated rings. The molecule has 10 heteroatoms. The predicted octanol–water partition coefficient (Wildman–Crippen LogP) is 1.59. The molecule has 0 unspecified atom stereocenters. The summed E-state index contributed by atoms with van der Waals surface area (Å²) in [6.07, 6.45) is 2.73. The first-order chi connectivity index (χ1) is 14.0. The number of thioether (sulfide) groups is 1. The number of aryl methyl sites for hydroxylation is 2. The molecule has 0 bridgehead atoms. The van der Waals surface area contributed by atoms with E-state index in [1.54, 1.807) is 18.7 Å². The Morgan fingerprint density at radius 3 is 2.69 bits per heavy atom. The summed E-state index contributed by atoms with van der Waals surface area (Å²) in [6, 6.07) is 9.92. The third-order valence-electron chi connectivity index (χ3n) is 4.60. The summed E-state index contributed by atoms with van der Waals surface area (Å²) in [4.78, 5) is 29.3. The SMILES string of the molecule is Cn1cnc2c1c(=O)n(CCCSc1nnc(Cc3ccccc3)o1)c(=O)n2C. The minimum atomic E-state index is -0.367. The summed E-state index contributed by atoms with van der Waals surface area (Å²) >= 11 is 1.41. The summed E-state index contributed by atoms with van der Waals surface area (Å²) in [5.41, 5.74) is 1.23. The van der Waals surface area contributed by atoms with Gasteiger partial charge in [-0.15, -0.1) is 10.2 Å². The van der Waals surface area contributed by atoms with Crippen molar-refractivity contribution in [3.8, 4) is 0 Å². The highest BCUT2D eigenvalue weighted by Gasteiger charge is 2.15. The highest BCUT2D eigenvalue weighted by molar-refractivity contribution is 7.99. The van der Waals surface area contributed by atoms with Gasteiger partial charge in [0.15, 0.2) is 11.2 Å². The molecule has 29 heavy (non-hydrogen) atoms. The lowest BCUT2D eigenvalue weighted by atomic mass is 10.2.